The van der Waals surface area contributed by atoms with Crippen molar-refractivity contribution >= 4 is 5.91 Å². The van der Waals surface area contributed by atoms with E-state index in [2.05, 4.69) is 10.1 Å². The van der Waals surface area contributed by atoms with E-state index in [-0.39, 0.29) is 12.5 Å². The maximum absolute atomic E-state index is 12.4. The van der Waals surface area contributed by atoms with Crippen molar-refractivity contribution in [1.29, 1.82) is 0 Å². The molecule has 0 bridgehead atoms. The number of hydrogen-bond acceptors (Lipinski definition) is 4. The molecule has 0 spiro atoms. The van der Waals surface area contributed by atoms with E-state index < -0.39 is 5.60 Å². The number of nitrogens with zero attached hydrogens (tertiary/aromatic N) is 4. The number of rotatable bonds is 4. The summed E-state index contributed by atoms with van der Waals surface area (Å²) in [5, 5.41) is 13.9. The first-order valence-electron chi connectivity index (χ1n) is 6.71. The first kappa shape index (κ1) is 15.2. The molecule has 0 saturated carbocycles. The number of carbonyl (C=O) groups excluding carboxylic acids is 1. The number of aliphatic hydroxyl groups is 1. The fourth-order valence-electron chi connectivity index (χ4n) is 2.25. The third-order valence-electron chi connectivity index (χ3n) is 3.08. The quantitative estimate of drug-likeness (QED) is 0.923. The van der Waals surface area contributed by atoms with Gasteiger partial charge in [0.05, 0.1) is 11.3 Å². The van der Waals surface area contributed by atoms with Crippen molar-refractivity contribution in [3.63, 3.8) is 0 Å². The molecule has 2 rings (SSSR count). The molecule has 0 aliphatic heterocycles. The van der Waals surface area contributed by atoms with Crippen molar-refractivity contribution in [3.8, 4) is 5.69 Å². The van der Waals surface area contributed by atoms with Crippen LogP contribution in [0.5, 0.6) is 0 Å². The average Bonchev–Trinajstić information content (AvgIpc) is 2.89. The molecule has 0 radical (unpaired) electrons. The van der Waals surface area contributed by atoms with Gasteiger partial charge in [-0.05, 0) is 44.5 Å². The molecule has 1 amide bonds. The maximum Gasteiger partial charge on any atom is 0.253 e. The Bertz CT molecular complexity index is 630. The third kappa shape index (κ3) is 3.66. The van der Waals surface area contributed by atoms with Crippen LogP contribution in [-0.2, 0) is 0 Å². The Morgan fingerprint density at radius 1 is 1.43 bits per heavy atom. The van der Waals surface area contributed by atoms with Crippen LogP contribution in [0.1, 0.15) is 29.8 Å². The van der Waals surface area contributed by atoms with Crippen molar-refractivity contribution in [1.82, 2.24) is 19.7 Å². The monoisotopic (exact) mass is 288 g/mol. The summed E-state index contributed by atoms with van der Waals surface area (Å²) in [6, 6.07) is 5.42. The minimum atomic E-state index is -0.917. The Balaban J connectivity index is 2.22. The molecule has 0 aliphatic carbocycles. The smallest absolute Gasteiger partial charge is 0.253 e. The fraction of sp³-hybridized carbons (Fsp3) is 0.400. The summed E-state index contributed by atoms with van der Waals surface area (Å²) >= 11 is 0. The fourth-order valence-corrected chi connectivity index (χ4v) is 2.25. The van der Waals surface area contributed by atoms with Gasteiger partial charge in [-0.25, -0.2) is 9.67 Å². The van der Waals surface area contributed by atoms with Crippen LogP contribution in [-0.4, -0.2) is 49.9 Å². The molecular formula is C15H20N4O2. The van der Waals surface area contributed by atoms with Crippen molar-refractivity contribution in [2.24, 2.45) is 0 Å². The molecule has 0 unspecified atom stereocenters. The summed E-state index contributed by atoms with van der Waals surface area (Å²) in [4.78, 5) is 17.8. The zero-order valence-electron chi connectivity index (χ0n) is 12.7. The van der Waals surface area contributed by atoms with E-state index in [0.29, 0.717) is 5.56 Å². The molecule has 0 saturated heterocycles. The number of benzene rings is 1. The van der Waals surface area contributed by atoms with Gasteiger partial charge in [0, 0.05) is 19.2 Å². The molecule has 1 N–H and O–H groups in total. The lowest BCUT2D eigenvalue weighted by Gasteiger charge is -2.25. The lowest BCUT2D eigenvalue weighted by molar-refractivity contribution is 0.0368. The topological polar surface area (TPSA) is 71.2 Å². The van der Waals surface area contributed by atoms with Gasteiger partial charge in [0.1, 0.15) is 12.7 Å². The van der Waals surface area contributed by atoms with Crippen molar-refractivity contribution in [3.05, 3.63) is 42.0 Å². The summed E-state index contributed by atoms with van der Waals surface area (Å²) in [6.07, 6.45) is 3.08. The molecule has 21 heavy (non-hydrogen) atoms. The van der Waals surface area contributed by atoms with Crippen LogP contribution in [0.15, 0.2) is 30.9 Å². The Morgan fingerprint density at radius 2 is 2.14 bits per heavy atom. The molecule has 2 aromatic rings. The van der Waals surface area contributed by atoms with Gasteiger partial charge in [-0.3, -0.25) is 4.79 Å². The molecule has 1 aromatic heterocycles. The summed E-state index contributed by atoms with van der Waals surface area (Å²) in [5.74, 6) is -0.120. The Hall–Kier alpha value is -2.21. The van der Waals surface area contributed by atoms with Gasteiger partial charge in [0.15, 0.2) is 0 Å². The van der Waals surface area contributed by atoms with Gasteiger partial charge in [-0.15, -0.1) is 0 Å². The number of carbonyl (C=O) groups is 1. The van der Waals surface area contributed by atoms with Crippen LogP contribution in [0.2, 0.25) is 0 Å². The Labute approximate surface area is 124 Å². The highest BCUT2D eigenvalue weighted by molar-refractivity contribution is 5.94. The summed E-state index contributed by atoms with van der Waals surface area (Å²) < 4.78 is 1.66. The zero-order chi connectivity index (χ0) is 15.6. The first-order valence-corrected chi connectivity index (χ1v) is 6.71. The number of amides is 1. The SMILES string of the molecule is Cc1cc(C(=O)N(C)CC(C)(C)O)ccc1-n1cncn1. The van der Waals surface area contributed by atoms with Crippen molar-refractivity contribution in [2.75, 3.05) is 13.6 Å². The van der Waals surface area contributed by atoms with Gasteiger partial charge in [-0.2, -0.15) is 5.10 Å². The number of aromatic nitrogens is 3. The minimum Gasteiger partial charge on any atom is -0.389 e. The van der Waals surface area contributed by atoms with E-state index in [4.69, 9.17) is 0 Å². The second-order valence-electron chi connectivity index (χ2n) is 5.81. The summed E-state index contributed by atoms with van der Waals surface area (Å²) in [6.45, 7) is 5.55. The van der Waals surface area contributed by atoms with E-state index >= 15 is 0 Å². The largest absolute Gasteiger partial charge is 0.389 e. The summed E-state index contributed by atoms with van der Waals surface area (Å²) in [7, 11) is 1.68. The first-order chi connectivity index (χ1) is 9.78. The van der Waals surface area contributed by atoms with Gasteiger partial charge < -0.3 is 10.0 Å². The molecule has 6 nitrogen and oxygen atoms in total. The lowest BCUT2D eigenvalue weighted by Crippen LogP contribution is -2.39. The normalized spacial score (nSPS) is 11.5. The standard InChI is InChI=1S/C15H20N4O2/c1-11-7-12(14(20)18(4)8-15(2,3)21)5-6-13(11)19-10-16-9-17-19/h5-7,9-10,21H,8H2,1-4H3. The van der Waals surface area contributed by atoms with Crippen molar-refractivity contribution in [2.45, 2.75) is 26.4 Å². The third-order valence-corrected chi connectivity index (χ3v) is 3.08. The van der Waals surface area contributed by atoms with Crippen molar-refractivity contribution < 1.29 is 9.90 Å². The molecule has 1 heterocycles. The summed E-state index contributed by atoms with van der Waals surface area (Å²) in [5.41, 5.74) is 1.49. The Kier molecular flexibility index (Phi) is 4.09. The second kappa shape index (κ2) is 5.65. The lowest BCUT2D eigenvalue weighted by atomic mass is 10.1. The zero-order valence-corrected chi connectivity index (χ0v) is 12.7. The van der Waals surface area contributed by atoms with E-state index in [0.717, 1.165) is 11.3 Å². The van der Waals surface area contributed by atoms with Crippen LogP contribution in [0, 0.1) is 6.92 Å². The molecule has 112 valence electrons. The molecule has 1 aromatic carbocycles. The van der Waals surface area contributed by atoms with Gasteiger partial charge in [-0.1, -0.05) is 0 Å². The van der Waals surface area contributed by atoms with E-state index in [1.54, 1.807) is 38.0 Å². The molecule has 0 atom stereocenters. The average molecular weight is 288 g/mol. The highest BCUT2D eigenvalue weighted by Gasteiger charge is 2.20. The predicted octanol–water partition coefficient (Wildman–Crippen LogP) is 1.42. The van der Waals surface area contributed by atoms with Crippen LogP contribution in [0.25, 0.3) is 5.69 Å². The predicted molar refractivity (Wildman–Crippen MR) is 79.4 cm³/mol. The van der Waals surface area contributed by atoms with Crippen LogP contribution in [0.3, 0.4) is 0 Å². The second-order valence-corrected chi connectivity index (χ2v) is 5.81. The number of likely N-dealkylation sites (N-methyl/N-ethyl adjacent to an activating group) is 1. The van der Waals surface area contributed by atoms with Gasteiger partial charge >= 0.3 is 0 Å². The number of aryl methyl sites for hydroxylation is 1. The Morgan fingerprint density at radius 3 is 2.67 bits per heavy atom. The van der Waals surface area contributed by atoms with Crippen LogP contribution in [0.4, 0.5) is 0 Å². The molecule has 0 fully saturated rings. The molecular weight excluding hydrogens is 268 g/mol. The van der Waals surface area contributed by atoms with Gasteiger partial charge in [0.2, 0.25) is 0 Å². The number of hydrogen-bond donors (Lipinski definition) is 1. The highest BCUT2D eigenvalue weighted by atomic mass is 16.3. The highest BCUT2D eigenvalue weighted by Crippen LogP contribution is 2.16. The maximum atomic E-state index is 12.4. The van der Waals surface area contributed by atoms with E-state index in [1.165, 1.54) is 11.2 Å². The van der Waals surface area contributed by atoms with Gasteiger partial charge in [0.25, 0.3) is 5.91 Å². The molecule has 0 aliphatic rings. The van der Waals surface area contributed by atoms with E-state index in [1.807, 2.05) is 19.1 Å². The van der Waals surface area contributed by atoms with Crippen LogP contribution >= 0.6 is 0 Å². The van der Waals surface area contributed by atoms with Crippen LogP contribution < -0.4 is 0 Å². The minimum absolute atomic E-state index is 0.120. The van der Waals surface area contributed by atoms with E-state index in [9.17, 15) is 9.90 Å². The molecule has 6 heteroatoms.